The van der Waals surface area contributed by atoms with Crippen molar-refractivity contribution >= 4 is 5.96 Å². The standard InChI is InChI=1S/C25H32N4O2/c1-4-26-25(28-16-23-14-24(19(2)3)29-31-23)27-15-20-10-12-22(13-11-20)18-30-17-21-8-6-5-7-9-21/h5-14,19H,4,15-18H2,1-3H3,(H2,26,27,28). The Kier molecular flexibility index (Phi) is 8.67. The van der Waals surface area contributed by atoms with Crippen LogP contribution in [-0.4, -0.2) is 17.7 Å². The van der Waals surface area contributed by atoms with Gasteiger partial charge in [0.05, 0.1) is 32.0 Å². The smallest absolute Gasteiger partial charge is 0.191 e. The van der Waals surface area contributed by atoms with Gasteiger partial charge in [0.15, 0.2) is 11.7 Å². The summed E-state index contributed by atoms with van der Waals surface area (Å²) in [4.78, 5) is 4.67. The second-order valence-corrected chi connectivity index (χ2v) is 7.72. The minimum Gasteiger partial charge on any atom is -0.372 e. The third-order valence-corrected chi connectivity index (χ3v) is 4.77. The number of aromatic nitrogens is 1. The fourth-order valence-corrected chi connectivity index (χ4v) is 2.97. The summed E-state index contributed by atoms with van der Waals surface area (Å²) in [5.41, 5.74) is 4.44. The van der Waals surface area contributed by atoms with Crippen molar-refractivity contribution in [2.45, 2.75) is 53.0 Å². The van der Waals surface area contributed by atoms with Gasteiger partial charge in [-0.1, -0.05) is 73.6 Å². The number of hydrogen-bond donors (Lipinski definition) is 2. The van der Waals surface area contributed by atoms with Crippen LogP contribution in [0.15, 0.2) is 70.2 Å². The van der Waals surface area contributed by atoms with E-state index in [0.717, 1.165) is 35.1 Å². The lowest BCUT2D eigenvalue weighted by Gasteiger charge is -2.10. The monoisotopic (exact) mass is 420 g/mol. The Morgan fingerprint density at radius 3 is 2.29 bits per heavy atom. The predicted octanol–water partition coefficient (Wildman–Crippen LogP) is 4.77. The molecule has 6 nitrogen and oxygen atoms in total. The van der Waals surface area contributed by atoms with Crippen LogP contribution in [0.2, 0.25) is 0 Å². The van der Waals surface area contributed by atoms with Gasteiger partial charge in [-0.05, 0) is 29.5 Å². The van der Waals surface area contributed by atoms with E-state index in [1.54, 1.807) is 0 Å². The van der Waals surface area contributed by atoms with Gasteiger partial charge in [0.25, 0.3) is 0 Å². The zero-order valence-electron chi connectivity index (χ0n) is 18.6. The molecule has 6 heteroatoms. The molecule has 0 aliphatic heterocycles. The molecule has 3 rings (SSSR count). The molecule has 164 valence electrons. The fraction of sp³-hybridized carbons (Fsp3) is 0.360. The first-order chi connectivity index (χ1) is 15.1. The third kappa shape index (κ3) is 7.57. The van der Waals surface area contributed by atoms with E-state index in [2.05, 4.69) is 71.0 Å². The van der Waals surface area contributed by atoms with Crippen molar-refractivity contribution in [1.82, 2.24) is 15.8 Å². The van der Waals surface area contributed by atoms with Gasteiger partial charge in [-0.2, -0.15) is 0 Å². The van der Waals surface area contributed by atoms with Crippen LogP contribution in [0.25, 0.3) is 0 Å². The molecule has 0 atom stereocenters. The molecule has 0 aliphatic rings. The maximum absolute atomic E-state index is 5.80. The highest BCUT2D eigenvalue weighted by Crippen LogP contribution is 2.14. The lowest BCUT2D eigenvalue weighted by atomic mass is 10.1. The molecule has 1 heterocycles. The highest BCUT2D eigenvalue weighted by molar-refractivity contribution is 5.79. The number of ether oxygens (including phenoxy) is 1. The molecule has 1 aromatic heterocycles. The molecule has 0 saturated carbocycles. The van der Waals surface area contributed by atoms with Crippen LogP contribution in [-0.2, 0) is 31.0 Å². The average molecular weight is 421 g/mol. The average Bonchev–Trinajstić information content (AvgIpc) is 3.27. The van der Waals surface area contributed by atoms with Gasteiger partial charge in [0.1, 0.15) is 0 Å². The van der Waals surface area contributed by atoms with Gasteiger partial charge < -0.3 is 19.9 Å². The summed E-state index contributed by atoms with van der Waals surface area (Å²) in [5, 5.41) is 10.7. The fourth-order valence-electron chi connectivity index (χ4n) is 2.97. The Hall–Kier alpha value is -3.12. The molecular weight excluding hydrogens is 388 g/mol. The Labute approximate surface area is 184 Å². The van der Waals surface area contributed by atoms with Crippen molar-refractivity contribution in [3.05, 3.63) is 88.8 Å². The molecule has 0 saturated heterocycles. The molecular formula is C25H32N4O2. The highest BCUT2D eigenvalue weighted by Gasteiger charge is 2.08. The number of rotatable bonds is 10. The first-order valence-corrected chi connectivity index (χ1v) is 10.8. The first kappa shape index (κ1) is 22.6. The molecule has 0 spiro atoms. The molecule has 31 heavy (non-hydrogen) atoms. The van der Waals surface area contributed by atoms with Crippen LogP contribution in [0.4, 0.5) is 0 Å². The maximum Gasteiger partial charge on any atom is 0.191 e. The third-order valence-electron chi connectivity index (χ3n) is 4.77. The van der Waals surface area contributed by atoms with E-state index in [0.29, 0.717) is 32.2 Å². The van der Waals surface area contributed by atoms with Gasteiger partial charge in [-0.3, -0.25) is 0 Å². The Bertz CT molecular complexity index is 934. The van der Waals surface area contributed by atoms with Crippen molar-refractivity contribution < 1.29 is 9.26 Å². The number of nitrogens with one attached hydrogen (secondary N) is 2. The Morgan fingerprint density at radius 1 is 0.968 bits per heavy atom. The number of nitrogens with zero attached hydrogens (tertiary/aromatic N) is 2. The topological polar surface area (TPSA) is 71.7 Å². The maximum atomic E-state index is 5.80. The van der Waals surface area contributed by atoms with E-state index in [1.807, 2.05) is 31.2 Å². The normalized spacial score (nSPS) is 11.7. The van der Waals surface area contributed by atoms with E-state index in [4.69, 9.17) is 9.26 Å². The molecule has 0 bridgehead atoms. The Balaban J connectivity index is 1.48. The zero-order valence-corrected chi connectivity index (χ0v) is 18.6. The summed E-state index contributed by atoms with van der Waals surface area (Å²) in [6.07, 6.45) is 0. The number of guanidine groups is 1. The zero-order chi connectivity index (χ0) is 21.9. The Morgan fingerprint density at radius 2 is 1.65 bits per heavy atom. The van der Waals surface area contributed by atoms with Crippen molar-refractivity contribution in [3.63, 3.8) is 0 Å². The van der Waals surface area contributed by atoms with Crippen LogP contribution < -0.4 is 10.6 Å². The predicted molar refractivity (Wildman–Crippen MR) is 124 cm³/mol. The SMILES string of the molecule is CCNC(=NCc1ccc(COCc2ccccc2)cc1)NCc1cc(C(C)C)no1. The van der Waals surface area contributed by atoms with Crippen LogP contribution in [0.3, 0.4) is 0 Å². The quantitative estimate of drug-likeness (QED) is 0.365. The molecule has 0 radical (unpaired) electrons. The van der Waals surface area contributed by atoms with Gasteiger partial charge in [-0.25, -0.2) is 4.99 Å². The van der Waals surface area contributed by atoms with E-state index in [9.17, 15) is 0 Å². The summed E-state index contributed by atoms with van der Waals surface area (Å²) in [7, 11) is 0. The van der Waals surface area contributed by atoms with Crippen LogP contribution in [0.1, 0.15) is 54.8 Å². The second-order valence-electron chi connectivity index (χ2n) is 7.72. The van der Waals surface area contributed by atoms with Gasteiger partial charge in [0.2, 0.25) is 0 Å². The lowest BCUT2D eigenvalue weighted by molar-refractivity contribution is 0.107. The summed E-state index contributed by atoms with van der Waals surface area (Å²) in [5.74, 6) is 1.90. The van der Waals surface area contributed by atoms with Gasteiger partial charge >= 0.3 is 0 Å². The van der Waals surface area contributed by atoms with E-state index in [1.165, 1.54) is 5.56 Å². The number of benzene rings is 2. The molecule has 0 unspecified atom stereocenters. The molecule has 3 aromatic rings. The molecule has 2 N–H and O–H groups in total. The van der Waals surface area contributed by atoms with Crippen LogP contribution in [0, 0.1) is 0 Å². The number of hydrogen-bond acceptors (Lipinski definition) is 4. The summed E-state index contributed by atoms with van der Waals surface area (Å²) in [6.45, 7) is 9.39. The van der Waals surface area contributed by atoms with Crippen LogP contribution in [0.5, 0.6) is 0 Å². The minimum atomic E-state index is 0.353. The molecule has 0 aliphatic carbocycles. The van der Waals surface area contributed by atoms with Gasteiger partial charge in [-0.15, -0.1) is 0 Å². The lowest BCUT2D eigenvalue weighted by Crippen LogP contribution is -2.36. The summed E-state index contributed by atoms with van der Waals surface area (Å²) >= 11 is 0. The summed E-state index contributed by atoms with van der Waals surface area (Å²) < 4.78 is 11.2. The largest absolute Gasteiger partial charge is 0.372 e. The minimum absolute atomic E-state index is 0.353. The van der Waals surface area contributed by atoms with Crippen LogP contribution >= 0.6 is 0 Å². The van der Waals surface area contributed by atoms with E-state index in [-0.39, 0.29) is 0 Å². The van der Waals surface area contributed by atoms with Crippen molar-refractivity contribution in [2.75, 3.05) is 6.54 Å². The molecule has 2 aromatic carbocycles. The molecule has 0 amide bonds. The van der Waals surface area contributed by atoms with Crippen molar-refractivity contribution in [2.24, 2.45) is 4.99 Å². The van der Waals surface area contributed by atoms with E-state index < -0.39 is 0 Å². The highest BCUT2D eigenvalue weighted by atomic mass is 16.5. The van der Waals surface area contributed by atoms with Crippen molar-refractivity contribution in [3.8, 4) is 0 Å². The summed E-state index contributed by atoms with van der Waals surface area (Å²) in [6, 6.07) is 20.6. The molecule has 0 fully saturated rings. The second kappa shape index (κ2) is 11.9. The van der Waals surface area contributed by atoms with Gasteiger partial charge in [0, 0.05) is 12.6 Å². The van der Waals surface area contributed by atoms with Crippen molar-refractivity contribution in [1.29, 1.82) is 0 Å². The first-order valence-electron chi connectivity index (χ1n) is 10.8. The number of aliphatic imine (C=N–C) groups is 1. The van der Waals surface area contributed by atoms with E-state index >= 15 is 0 Å².